The zero-order valence-corrected chi connectivity index (χ0v) is 31.7. The Labute approximate surface area is 329 Å². The molecule has 0 spiro atoms. The summed E-state index contributed by atoms with van der Waals surface area (Å²) in [6.45, 7) is -0.330. The molecule has 5 atom stereocenters. The quantitative estimate of drug-likeness (QED) is 0.167. The lowest BCUT2D eigenvalue weighted by molar-refractivity contribution is -0.175. The van der Waals surface area contributed by atoms with Crippen LogP contribution in [0, 0.1) is 11.7 Å². The van der Waals surface area contributed by atoms with Gasteiger partial charge in [0.15, 0.2) is 11.3 Å². The topological polar surface area (TPSA) is 177 Å². The number of allylic oxidation sites excluding steroid dienone is 1. The molecular weight excluding hydrogens is 787 g/mol. The first-order valence-electron chi connectivity index (χ1n) is 19.1. The summed E-state index contributed by atoms with van der Waals surface area (Å²) >= 11 is 0. The third-order valence-corrected chi connectivity index (χ3v) is 13.0. The molecule has 2 saturated carbocycles. The second-order valence-corrected chi connectivity index (χ2v) is 17.3. The largest absolute Gasteiger partial charge is 0.484 e. The third-order valence-electron chi connectivity index (χ3n) is 11.1. The van der Waals surface area contributed by atoms with E-state index >= 15 is 0 Å². The van der Waals surface area contributed by atoms with Gasteiger partial charge in [0.05, 0.1) is 17.5 Å². The van der Waals surface area contributed by atoms with Crippen molar-refractivity contribution in [2.45, 2.75) is 92.9 Å². The van der Waals surface area contributed by atoms with Gasteiger partial charge in [0.1, 0.15) is 40.6 Å². The number of sulfonamides is 1. The van der Waals surface area contributed by atoms with Crippen molar-refractivity contribution in [1.82, 2.24) is 25.2 Å². The predicted octanol–water partition coefficient (Wildman–Crippen LogP) is 5.19. The van der Waals surface area contributed by atoms with Gasteiger partial charge in [-0.05, 0) is 74.9 Å². The van der Waals surface area contributed by atoms with E-state index in [1.165, 1.54) is 24.3 Å². The number of benzene rings is 2. The van der Waals surface area contributed by atoms with Crippen LogP contribution in [0.1, 0.15) is 57.8 Å². The number of carbonyl (C=O) groups is 4. The fourth-order valence-corrected chi connectivity index (χ4v) is 9.14. The maximum atomic E-state index is 14.4. The fourth-order valence-electron chi connectivity index (χ4n) is 7.78. The van der Waals surface area contributed by atoms with Crippen LogP contribution in [-0.4, -0.2) is 83.6 Å². The normalized spacial score (nSPS) is 25.6. The minimum atomic E-state index is -5.29. The molecule has 58 heavy (non-hydrogen) atoms. The Hall–Kier alpha value is -5.52. The highest BCUT2D eigenvalue weighted by molar-refractivity contribution is 7.91. The number of halogens is 4. The Bertz CT molecular complexity index is 2430. The van der Waals surface area contributed by atoms with Crippen molar-refractivity contribution in [1.29, 1.82) is 0 Å². The molecule has 0 unspecified atom stereocenters. The molecule has 306 valence electrons. The van der Waals surface area contributed by atoms with E-state index < -0.39 is 80.5 Å². The lowest BCUT2D eigenvalue weighted by atomic mass is 10.0. The molecule has 4 aromatic rings. The van der Waals surface area contributed by atoms with Crippen molar-refractivity contribution in [3.63, 3.8) is 0 Å². The molecule has 2 aliphatic carbocycles. The summed E-state index contributed by atoms with van der Waals surface area (Å²) in [6.07, 6.45) is -0.421. The van der Waals surface area contributed by atoms with E-state index in [9.17, 15) is 45.2 Å². The second-order valence-electron chi connectivity index (χ2n) is 15.3. The Morgan fingerprint density at radius 3 is 2.52 bits per heavy atom. The van der Waals surface area contributed by atoms with Gasteiger partial charge < -0.3 is 24.7 Å². The number of fused-ring (bicyclic) bond motifs is 5. The van der Waals surface area contributed by atoms with Crippen molar-refractivity contribution >= 4 is 55.7 Å². The highest BCUT2D eigenvalue weighted by Gasteiger charge is 2.62. The second kappa shape index (κ2) is 15.0. The molecule has 4 amide bonds. The smallest absolute Gasteiger partial charge is 0.471 e. The molecule has 4 aliphatic rings. The number of carbonyl (C=O) groups excluding carboxylic acids is 4. The Morgan fingerprint density at radius 1 is 1.02 bits per heavy atom. The first-order valence-corrected chi connectivity index (χ1v) is 20.7. The molecule has 2 aromatic heterocycles. The van der Waals surface area contributed by atoms with E-state index in [1.54, 1.807) is 42.5 Å². The van der Waals surface area contributed by atoms with Gasteiger partial charge in [-0.3, -0.25) is 23.9 Å². The zero-order chi connectivity index (χ0) is 41.0. The number of aromatic nitrogens is 1. The lowest BCUT2D eigenvalue weighted by Crippen LogP contribution is -2.58. The monoisotopic (exact) mass is 825 g/mol. The summed E-state index contributed by atoms with van der Waals surface area (Å²) in [7, 11) is -4.01. The molecular formula is C40H39F4N5O8S. The molecule has 2 aliphatic heterocycles. The standard InChI is InChI=1S/C40H39F4N5O8S/c41-24-14-12-22(13-15-24)29-19-32(34-33(45-29)27-9-6-7-11-31(27)57-34)56-25-18-30-35(50)47-39(37(52)48-58(54,55)26-16-17-26)20-23(39)8-4-2-1-3-5-10-28(36(51)49(30)21-25)46-38(53)40(42,43)44/h4,6-9,11-15,19,23,25-26,28,30H,1-3,5,10,16-18,20-21H2,(H,46,53)(H,47,50)(H,48,52)/t23-,25-,28+,30+,39-/m1/s1. The minimum absolute atomic E-state index is 0.0688. The van der Waals surface area contributed by atoms with Gasteiger partial charge in [0.2, 0.25) is 21.8 Å². The third kappa shape index (κ3) is 7.85. The number of nitrogens with zero attached hydrogens (tertiary/aromatic N) is 2. The number of hydrogen-bond acceptors (Lipinski definition) is 9. The first kappa shape index (κ1) is 39.3. The average molecular weight is 826 g/mol. The molecule has 0 bridgehead atoms. The van der Waals surface area contributed by atoms with Crippen LogP contribution < -0.4 is 20.1 Å². The van der Waals surface area contributed by atoms with Crippen molar-refractivity contribution in [2.24, 2.45) is 5.92 Å². The van der Waals surface area contributed by atoms with Crippen molar-refractivity contribution in [2.75, 3.05) is 6.54 Å². The lowest BCUT2D eigenvalue weighted by Gasteiger charge is -2.30. The molecule has 0 radical (unpaired) electrons. The molecule has 3 fully saturated rings. The van der Waals surface area contributed by atoms with Crippen LogP contribution in [0.3, 0.4) is 0 Å². The highest BCUT2D eigenvalue weighted by atomic mass is 32.2. The molecule has 3 N–H and O–H groups in total. The van der Waals surface area contributed by atoms with Crippen LogP contribution in [0.5, 0.6) is 5.75 Å². The zero-order valence-electron chi connectivity index (χ0n) is 30.9. The number of hydrogen-bond donors (Lipinski definition) is 3. The number of para-hydroxylation sites is 1. The summed E-state index contributed by atoms with van der Waals surface area (Å²) in [5.74, 6) is -5.95. The number of amides is 4. The van der Waals surface area contributed by atoms with Gasteiger partial charge >= 0.3 is 12.1 Å². The summed E-state index contributed by atoms with van der Waals surface area (Å²) < 4.78 is 94.9. The van der Waals surface area contributed by atoms with E-state index in [0.29, 0.717) is 59.8 Å². The van der Waals surface area contributed by atoms with Gasteiger partial charge in [0.25, 0.3) is 5.91 Å². The van der Waals surface area contributed by atoms with Gasteiger partial charge in [-0.2, -0.15) is 13.2 Å². The predicted molar refractivity (Wildman–Crippen MR) is 201 cm³/mol. The molecule has 8 rings (SSSR count). The number of nitrogens with one attached hydrogen (secondary N) is 3. The number of ether oxygens (including phenoxy) is 1. The van der Waals surface area contributed by atoms with E-state index in [1.807, 2.05) is 5.32 Å². The van der Waals surface area contributed by atoms with E-state index in [-0.39, 0.29) is 43.6 Å². The molecule has 13 nitrogen and oxygen atoms in total. The van der Waals surface area contributed by atoms with Gasteiger partial charge in [-0.25, -0.2) is 17.8 Å². The van der Waals surface area contributed by atoms with Crippen LogP contribution in [0.25, 0.3) is 33.3 Å². The van der Waals surface area contributed by atoms with Crippen molar-refractivity contribution in [3.05, 3.63) is 72.6 Å². The van der Waals surface area contributed by atoms with Crippen LogP contribution in [0.2, 0.25) is 0 Å². The van der Waals surface area contributed by atoms with Crippen LogP contribution in [0.15, 0.2) is 71.2 Å². The number of rotatable bonds is 7. The van der Waals surface area contributed by atoms with Crippen molar-refractivity contribution < 1.29 is 54.3 Å². The molecule has 4 heterocycles. The van der Waals surface area contributed by atoms with E-state index in [4.69, 9.17) is 14.1 Å². The SMILES string of the molecule is O=C1N[C@]2(C(=O)NS(=O)(=O)C3CC3)C[C@H]2C=CCCCCC[C@H](NC(=O)C(F)(F)F)C(=O)N2C[C@H](Oc3cc(-c4ccc(F)cc4)nc4c3oc3ccccc34)C[C@@H]12. The molecule has 18 heteroatoms. The van der Waals surface area contributed by atoms with Crippen LogP contribution in [-0.2, 0) is 29.2 Å². The van der Waals surface area contributed by atoms with Crippen molar-refractivity contribution in [3.8, 4) is 17.0 Å². The summed E-state index contributed by atoms with van der Waals surface area (Å²) in [5, 5.41) is 4.46. The Balaban J connectivity index is 1.15. The number of furan rings is 1. The van der Waals surface area contributed by atoms with Crippen LogP contribution >= 0.6 is 0 Å². The van der Waals surface area contributed by atoms with Crippen LogP contribution in [0.4, 0.5) is 17.6 Å². The van der Waals surface area contributed by atoms with Gasteiger partial charge in [-0.15, -0.1) is 0 Å². The molecule has 1 saturated heterocycles. The molecule has 2 aromatic carbocycles. The average Bonchev–Trinajstić information content (AvgIpc) is 4.08. The Kier molecular flexibility index (Phi) is 10.2. The maximum Gasteiger partial charge on any atom is 0.471 e. The van der Waals surface area contributed by atoms with Gasteiger partial charge in [-0.1, -0.05) is 37.1 Å². The summed E-state index contributed by atoms with van der Waals surface area (Å²) in [5.41, 5.74) is 0.350. The van der Waals surface area contributed by atoms with Gasteiger partial charge in [0, 0.05) is 29.4 Å². The first-order chi connectivity index (χ1) is 27.6. The summed E-state index contributed by atoms with van der Waals surface area (Å²) in [4.78, 5) is 60.4. The Morgan fingerprint density at radius 2 is 1.78 bits per heavy atom. The maximum absolute atomic E-state index is 14.4. The minimum Gasteiger partial charge on any atom is -0.484 e. The van der Waals surface area contributed by atoms with E-state index in [0.717, 1.165) is 4.90 Å². The highest BCUT2D eigenvalue weighted by Crippen LogP contribution is 2.46. The van der Waals surface area contributed by atoms with E-state index in [2.05, 4.69) is 10.0 Å². The fraction of sp³-hybridized carbons (Fsp3) is 0.425. The summed E-state index contributed by atoms with van der Waals surface area (Å²) in [6, 6.07) is 11.1. The number of alkyl halides is 3. The number of pyridine rings is 1.